The van der Waals surface area contributed by atoms with E-state index in [-0.39, 0.29) is 6.09 Å². The molecule has 2 fully saturated rings. The first-order chi connectivity index (χ1) is 10.8. The Kier molecular flexibility index (Phi) is 4.65. The molecule has 0 bridgehead atoms. The Balaban J connectivity index is 1.57. The van der Waals surface area contributed by atoms with E-state index in [1.807, 2.05) is 32.6 Å². The van der Waals surface area contributed by atoms with E-state index < -0.39 is 5.60 Å². The van der Waals surface area contributed by atoms with Gasteiger partial charge in [0, 0.05) is 30.2 Å². The molecule has 23 heavy (non-hydrogen) atoms. The minimum absolute atomic E-state index is 0.199. The molecule has 0 aromatic carbocycles. The number of aryl methyl sites for hydroxylation is 1. The Bertz CT molecular complexity index is 562. The molecule has 1 saturated carbocycles. The topological polar surface area (TPSA) is 54.5 Å². The Labute approximate surface area is 142 Å². The fourth-order valence-corrected chi connectivity index (χ4v) is 3.94. The summed E-state index contributed by atoms with van der Waals surface area (Å²) in [5.74, 6) is 0.705. The summed E-state index contributed by atoms with van der Waals surface area (Å²) >= 11 is 1.75. The summed E-state index contributed by atoms with van der Waals surface area (Å²) in [4.78, 5) is 18.7. The molecular formula is C17H27N3O2S. The van der Waals surface area contributed by atoms with Crippen LogP contribution >= 0.6 is 11.3 Å². The zero-order chi connectivity index (χ0) is 16.6. The van der Waals surface area contributed by atoms with Crippen molar-refractivity contribution in [2.45, 2.75) is 64.6 Å². The Morgan fingerprint density at radius 2 is 2.17 bits per heavy atom. The highest BCUT2D eigenvalue weighted by molar-refractivity contribution is 7.09. The fourth-order valence-electron chi connectivity index (χ4n) is 3.00. The molecule has 2 heterocycles. The highest BCUT2D eigenvalue weighted by atomic mass is 32.1. The normalized spacial score (nSPS) is 23.1. The highest BCUT2D eigenvalue weighted by Gasteiger charge is 2.37. The van der Waals surface area contributed by atoms with Crippen molar-refractivity contribution in [3.05, 3.63) is 16.1 Å². The summed E-state index contributed by atoms with van der Waals surface area (Å²) in [6, 6.07) is 0.676. The zero-order valence-electron chi connectivity index (χ0n) is 14.5. The fraction of sp³-hybridized carbons (Fsp3) is 0.765. The standard InChI is InChI=1S/C17H27N3O2S/c1-11-10-23-15(18-11)14(12-5-6-12)19-13-7-8-20(9-13)16(21)22-17(2,3)4/h10,12-14,19H,5-9H2,1-4H3/t13-,14-/m0/s1. The van der Waals surface area contributed by atoms with Crippen molar-refractivity contribution in [2.75, 3.05) is 13.1 Å². The van der Waals surface area contributed by atoms with Crippen molar-refractivity contribution < 1.29 is 9.53 Å². The van der Waals surface area contributed by atoms with Crippen molar-refractivity contribution in [2.24, 2.45) is 5.92 Å². The predicted octanol–water partition coefficient (Wildman–Crippen LogP) is 3.50. The van der Waals surface area contributed by atoms with E-state index in [1.165, 1.54) is 17.8 Å². The van der Waals surface area contributed by atoms with Gasteiger partial charge in [0.25, 0.3) is 0 Å². The average Bonchev–Trinajstić information content (AvgIpc) is 3.01. The minimum Gasteiger partial charge on any atom is -0.444 e. The third-order valence-corrected chi connectivity index (χ3v) is 5.30. The van der Waals surface area contributed by atoms with E-state index in [0.717, 1.165) is 25.2 Å². The van der Waals surface area contributed by atoms with Crippen LogP contribution in [0.25, 0.3) is 0 Å². The Morgan fingerprint density at radius 3 is 2.74 bits per heavy atom. The van der Waals surface area contributed by atoms with Gasteiger partial charge in [0.15, 0.2) is 0 Å². The molecule has 2 atom stereocenters. The minimum atomic E-state index is -0.433. The molecule has 1 aromatic rings. The number of ether oxygens (including phenoxy) is 1. The van der Waals surface area contributed by atoms with Gasteiger partial charge < -0.3 is 15.0 Å². The van der Waals surface area contributed by atoms with Crippen LogP contribution in [0.3, 0.4) is 0 Å². The second-order valence-corrected chi connectivity index (χ2v) is 8.61. The molecule has 2 aliphatic rings. The van der Waals surface area contributed by atoms with Crippen LogP contribution in [0, 0.1) is 12.8 Å². The van der Waals surface area contributed by atoms with E-state index in [9.17, 15) is 4.79 Å². The number of rotatable bonds is 4. The van der Waals surface area contributed by atoms with Gasteiger partial charge in [0.2, 0.25) is 0 Å². The lowest BCUT2D eigenvalue weighted by molar-refractivity contribution is 0.0290. The predicted molar refractivity (Wildman–Crippen MR) is 91.7 cm³/mol. The summed E-state index contributed by atoms with van der Waals surface area (Å²) in [7, 11) is 0. The summed E-state index contributed by atoms with van der Waals surface area (Å²) in [6.07, 6.45) is 3.33. The number of hydrogen-bond acceptors (Lipinski definition) is 5. The number of amides is 1. The van der Waals surface area contributed by atoms with Crippen molar-refractivity contribution in [3.8, 4) is 0 Å². The lowest BCUT2D eigenvalue weighted by atomic mass is 10.1. The Hall–Kier alpha value is -1.14. The molecule has 1 aliphatic carbocycles. The molecule has 1 N–H and O–H groups in total. The van der Waals surface area contributed by atoms with Crippen LogP contribution in [0.2, 0.25) is 0 Å². The number of carbonyl (C=O) groups is 1. The maximum Gasteiger partial charge on any atom is 0.410 e. The maximum atomic E-state index is 12.2. The smallest absolute Gasteiger partial charge is 0.410 e. The maximum absolute atomic E-state index is 12.2. The van der Waals surface area contributed by atoms with Crippen LogP contribution in [0.15, 0.2) is 5.38 Å². The molecule has 0 radical (unpaired) electrons. The summed E-state index contributed by atoms with van der Waals surface area (Å²) in [5.41, 5.74) is 0.664. The molecule has 1 aliphatic heterocycles. The zero-order valence-corrected chi connectivity index (χ0v) is 15.3. The van der Waals surface area contributed by atoms with Gasteiger partial charge in [0.05, 0.1) is 6.04 Å². The molecule has 1 amide bonds. The first-order valence-electron chi connectivity index (χ1n) is 8.48. The van der Waals surface area contributed by atoms with Gasteiger partial charge >= 0.3 is 6.09 Å². The van der Waals surface area contributed by atoms with Crippen LogP contribution in [-0.4, -0.2) is 40.7 Å². The molecule has 0 spiro atoms. The average molecular weight is 337 g/mol. The lowest BCUT2D eigenvalue weighted by Gasteiger charge is -2.25. The molecule has 0 unspecified atom stereocenters. The van der Waals surface area contributed by atoms with Crippen molar-refractivity contribution in [3.63, 3.8) is 0 Å². The Morgan fingerprint density at radius 1 is 1.43 bits per heavy atom. The van der Waals surface area contributed by atoms with Crippen molar-refractivity contribution in [1.29, 1.82) is 0 Å². The van der Waals surface area contributed by atoms with Gasteiger partial charge in [0.1, 0.15) is 10.6 Å². The molecule has 1 saturated heterocycles. The van der Waals surface area contributed by atoms with Gasteiger partial charge in [-0.1, -0.05) is 0 Å². The third kappa shape index (κ3) is 4.44. The van der Waals surface area contributed by atoms with Crippen LogP contribution < -0.4 is 5.32 Å². The molecule has 6 heteroatoms. The van der Waals surface area contributed by atoms with E-state index in [2.05, 4.69) is 15.7 Å². The van der Waals surface area contributed by atoms with Gasteiger partial charge in [-0.05, 0) is 52.9 Å². The lowest BCUT2D eigenvalue weighted by Crippen LogP contribution is -2.39. The number of aromatic nitrogens is 1. The third-order valence-electron chi connectivity index (χ3n) is 4.25. The van der Waals surface area contributed by atoms with E-state index >= 15 is 0 Å². The summed E-state index contributed by atoms with van der Waals surface area (Å²) < 4.78 is 5.47. The quantitative estimate of drug-likeness (QED) is 0.913. The first kappa shape index (κ1) is 16.7. The number of nitrogens with one attached hydrogen (secondary N) is 1. The number of thiazole rings is 1. The van der Waals surface area contributed by atoms with E-state index in [0.29, 0.717) is 18.0 Å². The number of carbonyl (C=O) groups excluding carboxylic acids is 1. The molecule has 128 valence electrons. The molecule has 3 rings (SSSR count). The van der Waals surface area contributed by atoms with Crippen LogP contribution in [0.4, 0.5) is 4.79 Å². The van der Waals surface area contributed by atoms with Crippen molar-refractivity contribution in [1.82, 2.24) is 15.2 Å². The van der Waals surface area contributed by atoms with Gasteiger partial charge in [-0.15, -0.1) is 11.3 Å². The van der Waals surface area contributed by atoms with E-state index in [1.54, 1.807) is 11.3 Å². The number of hydrogen-bond donors (Lipinski definition) is 1. The summed E-state index contributed by atoms with van der Waals surface area (Å²) in [5, 5.41) is 7.07. The highest BCUT2D eigenvalue weighted by Crippen LogP contribution is 2.42. The number of nitrogens with zero attached hydrogens (tertiary/aromatic N) is 2. The van der Waals surface area contributed by atoms with Gasteiger partial charge in [-0.25, -0.2) is 9.78 Å². The molecule has 5 nitrogen and oxygen atoms in total. The number of likely N-dealkylation sites (tertiary alicyclic amines) is 1. The van der Waals surface area contributed by atoms with Gasteiger partial charge in [-0.3, -0.25) is 0 Å². The van der Waals surface area contributed by atoms with Crippen LogP contribution in [0.5, 0.6) is 0 Å². The SMILES string of the molecule is Cc1csc([C@@H](N[C@H]2CCN(C(=O)OC(C)(C)C)C2)C2CC2)n1. The largest absolute Gasteiger partial charge is 0.444 e. The van der Waals surface area contributed by atoms with Crippen LogP contribution in [0.1, 0.15) is 56.8 Å². The van der Waals surface area contributed by atoms with Crippen LogP contribution in [-0.2, 0) is 4.74 Å². The monoisotopic (exact) mass is 337 g/mol. The first-order valence-corrected chi connectivity index (χ1v) is 9.36. The van der Waals surface area contributed by atoms with Crippen molar-refractivity contribution >= 4 is 17.4 Å². The second kappa shape index (κ2) is 6.40. The molecular weight excluding hydrogens is 310 g/mol. The van der Waals surface area contributed by atoms with E-state index in [4.69, 9.17) is 4.74 Å². The van der Waals surface area contributed by atoms with Gasteiger partial charge in [-0.2, -0.15) is 0 Å². The summed E-state index contributed by atoms with van der Waals surface area (Å²) in [6.45, 7) is 9.26. The molecule has 1 aromatic heterocycles. The second-order valence-electron chi connectivity index (χ2n) is 7.72.